The molecule has 1 atom stereocenters. The fourth-order valence-electron chi connectivity index (χ4n) is 2.77. The van der Waals surface area contributed by atoms with E-state index in [1.807, 2.05) is 0 Å². The Morgan fingerprint density at radius 2 is 2.19 bits per heavy atom. The molecule has 0 fully saturated rings. The molecule has 16 heavy (non-hydrogen) atoms. The first-order valence-corrected chi connectivity index (χ1v) is 5.99. The zero-order valence-corrected chi connectivity index (χ0v) is 10.2. The van der Waals surface area contributed by atoms with Gasteiger partial charge in [0.2, 0.25) is 0 Å². The number of nitrogens with one attached hydrogen (secondary N) is 1. The fourth-order valence-corrected chi connectivity index (χ4v) is 2.77. The Kier molecular flexibility index (Phi) is 2.08. The van der Waals surface area contributed by atoms with E-state index in [4.69, 9.17) is 0 Å². The van der Waals surface area contributed by atoms with Crippen molar-refractivity contribution in [2.75, 3.05) is 13.6 Å². The molecule has 0 radical (unpaired) electrons. The summed E-state index contributed by atoms with van der Waals surface area (Å²) in [5.74, 6) is 0. The number of aryl methyl sites for hydroxylation is 1. The maximum atomic E-state index is 3.62. The Labute approximate surface area is 96.3 Å². The van der Waals surface area contributed by atoms with Gasteiger partial charge < -0.3 is 4.98 Å². The second-order valence-corrected chi connectivity index (χ2v) is 4.92. The van der Waals surface area contributed by atoms with Gasteiger partial charge in [-0.3, -0.25) is 4.90 Å². The molecule has 0 spiro atoms. The molecule has 2 aromatic rings. The number of fused-ring (bicyclic) bond motifs is 3. The lowest BCUT2D eigenvalue weighted by molar-refractivity contribution is 0.244. The molecule has 1 aliphatic heterocycles. The molecule has 1 N–H and O–H groups in total. The maximum Gasteiger partial charge on any atom is 0.0489 e. The minimum absolute atomic E-state index is 0.510. The van der Waals surface area contributed by atoms with E-state index in [1.165, 1.54) is 34.1 Å². The molecule has 2 heteroatoms. The molecular formula is C14H18N2. The quantitative estimate of drug-likeness (QED) is 0.714. The number of H-pyrrole nitrogens is 1. The highest BCUT2D eigenvalue weighted by Crippen LogP contribution is 2.34. The van der Waals surface area contributed by atoms with Crippen molar-refractivity contribution in [3.63, 3.8) is 0 Å². The Morgan fingerprint density at radius 3 is 3.00 bits per heavy atom. The number of rotatable bonds is 0. The monoisotopic (exact) mass is 214 g/mol. The molecule has 1 aromatic carbocycles. The zero-order chi connectivity index (χ0) is 11.3. The molecule has 0 bridgehead atoms. The van der Waals surface area contributed by atoms with E-state index in [0.29, 0.717) is 6.04 Å². The number of hydrogen-bond donors (Lipinski definition) is 1. The molecule has 3 rings (SSSR count). The molecule has 84 valence electrons. The average Bonchev–Trinajstić information content (AvgIpc) is 2.65. The molecule has 0 amide bonds. The van der Waals surface area contributed by atoms with Crippen LogP contribution in [0.2, 0.25) is 0 Å². The van der Waals surface area contributed by atoms with Crippen molar-refractivity contribution < 1.29 is 0 Å². The summed E-state index contributed by atoms with van der Waals surface area (Å²) in [5.41, 5.74) is 5.62. The predicted molar refractivity (Wildman–Crippen MR) is 67.8 cm³/mol. The van der Waals surface area contributed by atoms with Crippen LogP contribution in [0, 0.1) is 6.92 Å². The van der Waals surface area contributed by atoms with Gasteiger partial charge in [0.25, 0.3) is 0 Å². The second-order valence-electron chi connectivity index (χ2n) is 4.92. The summed E-state index contributed by atoms with van der Waals surface area (Å²) in [4.78, 5) is 6.03. The predicted octanol–water partition coefficient (Wildman–Crippen LogP) is 3.03. The average molecular weight is 214 g/mol. The molecule has 0 aliphatic carbocycles. The molecule has 2 heterocycles. The van der Waals surface area contributed by atoms with Gasteiger partial charge in [-0.1, -0.05) is 18.2 Å². The van der Waals surface area contributed by atoms with E-state index in [9.17, 15) is 0 Å². The van der Waals surface area contributed by atoms with Crippen LogP contribution in [-0.4, -0.2) is 23.5 Å². The molecular weight excluding hydrogens is 196 g/mol. The van der Waals surface area contributed by atoms with E-state index in [2.05, 4.69) is 49.0 Å². The first-order valence-electron chi connectivity index (χ1n) is 5.99. The summed E-state index contributed by atoms with van der Waals surface area (Å²) < 4.78 is 0. The first-order chi connectivity index (χ1) is 7.68. The van der Waals surface area contributed by atoms with E-state index < -0.39 is 0 Å². The van der Waals surface area contributed by atoms with Crippen molar-refractivity contribution >= 4 is 10.9 Å². The topological polar surface area (TPSA) is 19.0 Å². The molecule has 2 nitrogen and oxygen atoms in total. The minimum atomic E-state index is 0.510. The number of aromatic nitrogens is 1. The fraction of sp³-hybridized carbons (Fsp3) is 0.429. The Balaban J connectivity index is 2.30. The van der Waals surface area contributed by atoms with E-state index >= 15 is 0 Å². The van der Waals surface area contributed by atoms with E-state index in [-0.39, 0.29) is 0 Å². The van der Waals surface area contributed by atoms with Crippen LogP contribution in [0.4, 0.5) is 0 Å². The third kappa shape index (κ3) is 1.23. The summed E-state index contributed by atoms with van der Waals surface area (Å²) in [7, 11) is 2.20. The van der Waals surface area contributed by atoms with E-state index in [1.54, 1.807) is 0 Å². The van der Waals surface area contributed by atoms with Gasteiger partial charge in [-0.25, -0.2) is 0 Å². The normalized spacial score (nSPS) is 21.3. The molecule has 0 unspecified atom stereocenters. The zero-order valence-electron chi connectivity index (χ0n) is 10.2. The van der Waals surface area contributed by atoms with Crippen LogP contribution in [0.3, 0.4) is 0 Å². The lowest BCUT2D eigenvalue weighted by atomic mass is 9.98. The van der Waals surface area contributed by atoms with Crippen LogP contribution in [0.15, 0.2) is 18.2 Å². The van der Waals surface area contributed by atoms with Gasteiger partial charge >= 0.3 is 0 Å². The Hall–Kier alpha value is -1.28. The lowest BCUT2D eigenvalue weighted by Crippen LogP contribution is -2.30. The van der Waals surface area contributed by atoms with Crippen LogP contribution in [0.1, 0.15) is 29.8 Å². The highest BCUT2D eigenvalue weighted by molar-refractivity contribution is 5.87. The molecule has 0 saturated heterocycles. The number of nitrogens with zero attached hydrogens (tertiary/aromatic N) is 1. The summed E-state index contributed by atoms with van der Waals surface area (Å²) >= 11 is 0. The van der Waals surface area contributed by atoms with Crippen LogP contribution >= 0.6 is 0 Å². The summed E-state index contributed by atoms with van der Waals surface area (Å²) in [6.45, 7) is 5.62. The molecule has 0 saturated carbocycles. The second kappa shape index (κ2) is 3.36. The summed E-state index contributed by atoms with van der Waals surface area (Å²) in [5, 5.41) is 1.43. The van der Waals surface area contributed by atoms with Gasteiger partial charge in [0.15, 0.2) is 0 Å². The smallest absolute Gasteiger partial charge is 0.0489 e. The third-order valence-corrected chi connectivity index (χ3v) is 3.98. The highest BCUT2D eigenvalue weighted by Gasteiger charge is 2.24. The van der Waals surface area contributed by atoms with Crippen molar-refractivity contribution in [1.82, 2.24) is 9.88 Å². The standard InChI is InChI=1S/C14H18N2/c1-9-5-4-6-11-12-7-8-16(3)10(2)14(12)15-13(9)11/h4-6,10,15H,7-8H2,1-3H3/t10-/m0/s1. The van der Waals surface area contributed by atoms with Crippen molar-refractivity contribution in [3.05, 3.63) is 35.0 Å². The Bertz CT molecular complexity index is 539. The number of para-hydroxylation sites is 1. The minimum Gasteiger partial charge on any atom is -0.357 e. The van der Waals surface area contributed by atoms with Gasteiger partial charge in [0.05, 0.1) is 0 Å². The van der Waals surface area contributed by atoms with Gasteiger partial charge in [-0.2, -0.15) is 0 Å². The maximum absolute atomic E-state index is 3.62. The number of hydrogen-bond acceptors (Lipinski definition) is 1. The lowest BCUT2D eigenvalue weighted by Gasteiger charge is -2.29. The van der Waals surface area contributed by atoms with Crippen LogP contribution in [0.5, 0.6) is 0 Å². The van der Waals surface area contributed by atoms with Crippen LogP contribution in [-0.2, 0) is 6.42 Å². The van der Waals surface area contributed by atoms with Crippen molar-refractivity contribution in [2.45, 2.75) is 26.3 Å². The SMILES string of the molecule is Cc1cccc2c3c([nH]c12)[C@H](C)N(C)CC3. The van der Waals surface area contributed by atoms with Gasteiger partial charge in [-0.05, 0) is 38.4 Å². The van der Waals surface area contributed by atoms with Crippen LogP contribution < -0.4 is 0 Å². The first kappa shape index (κ1) is 9.91. The van der Waals surface area contributed by atoms with E-state index in [0.717, 1.165) is 6.54 Å². The van der Waals surface area contributed by atoms with Gasteiger partial charge in [0.1, 0.15) is 0 Å². The molecule has 1 aliphatic rings. The highest BCUT2D eigenvalue weighted by atomic mass is 15.1. The van der Waals surface area contributed by atoms with Gasteiger partial charge in [0, 0.05) is 29.2 Å². The van der Waals surface area contributed by atoms with Crippen molar-refractivity contribution in [1.29, 1.82) is 0 Å². The van der Waals surface area contributed by atoms with Crippen molar-refractivity contribution in [3.8, 4) is 0 Å². The van der Waals surface area contributed by atoms with Gasteiger partial charge in [-0.15, -0.1) is 0 Å². The third-order valence-electron chi connectivity index (χ3n) is 3.98. The molecule has 1 aromatic heterocycles. The number of benzene rings is 1. The Morgan fingerprint density at radius 1 is 1.38 bits per heavy atom. The summed E-state index contributed by atoms with van der Waals surface area (Å²) in [6, 6.07) is 7.10. The number of likely N-dealkylation sites (N-methyl/N-ethyl adjacent to an activating group) is 1. The number of aromatic amines is 1. The largest absolute Gasteiger partial charge is 0.357 e. The van der Waals surface area contributed by atoms with Crippen LogP contribution in [0.25, 0.3) is 10.9 Å². The van der Waals surface area contributed by atoms with Crippen molar-refractivity contribution in [2.24, 2.45) is 0 Å². The summed E-state index contributed by atoms with van der Waals surface area (Å²) in [6.07, 6.45) is 1.17.